The zero-order chi connectivity index (χ0) is 21.1. The molecule has 2 aromatic heterocycles. The first-order valence-corrected chi connectivity index (χ1v) is 10.1. The number of rotatable bonds is 7. The lowest BCUT2D eigenvalue weighted by Gasteiger charge is -2.26. The Hall–Kier alpha value is -3.20. The van der Waals surface area contributed by atoms with E-state index in [1.807, 2.05) is 30.3 Å². The normalized spacial score (nSPS) is 19.2. The van der Waals surface area contributed by atoms with E-state index in [0.717, 1.165) is 42.1 Å². The number of likely N-dealkylation sites (tertiary alicyclic amines) is 1. The number of anilines is 1. The minimum absolute atomic E-state index is 0.0869. The number of nitrogens with zero attached hydrogens (tertiary/aromatic N) is 5. The smallest absolute Gasteiger partial charge is 0.221 e. The minimum atomic E-state index is 0.0869. The monoisotopic (exact) mass is 409 g/mol. The van der Waals surface area contributed by atoms with Crippen molar-refractivity contribution >= 4 is 17.2 Å². The molecule has 2 atom stereocenters. The summed E-state index contributed by atoms with van der Waals surface area (Å²) in [7, 11) is 5.43. The zero-order valence-electron chi connectivity index (χ0n) is 17.5. The van der Waals surface area contributed by atoms with Gasteiger partial charge in [-0.1, -0.05) is 0 Å². The van der Waals surface area contributed by atoms with Gasteiger partial charge in [0.05, 0.1) is 18.5 Å². The molecule has 0 saturated carbocycles. The molecule has 3 heterocycles. The number of carbonyl (C=O) groups is 1. The maximum atomic E-state index is 11.7. The van der Waals surface area contributed by atoms with Gasteiger partial charge in [0, 0.05) is 37.7 Å². The summed E-state index contributed by atoms with van der Waals surface area (Å²) in [5.41, 5.74) is 3.38. The summed E-state index contributed by atoms with van der Waals surface area (Å²) in [6, 6.07) is 10.4. The minimum Gasteiger partial charge on any atom is -0.497 e. The van der Waals surface area contributed by atoms with E-state index in [-0.39, 0.29) is 11.9 Å². The second-order valence-corrected chi connectivity index (χ2v) is 7.58. The van der Waals surface area contributed by atoms with Gasteiger partial charge in [-0.25, -0.2) is 0 Å². The quantitative estimate of drug-likeness (QED) is 0.614. The Morgan fingerprint density at radius 2 is 2.00 bits per heavy atom. The van der Waals surface area contributed by atoms with Crippen LogP contribution >= 0.6 is 0 Å². The van der Waals surface area contributed by atoms with Gasteiger partial charge in [-0.05, 0) is 50.2 Å². The number of nitrogens with one attached hydrogen (secondary N) is 2. The molecular formula is C21H27N7O2. The highest BCUT2D eigenvalue weighted by Gasteiger charge is 2.31. The highest BCUT2D eigenvalue weighted by atomic mass is 16.5. The van der Waals surface area contributed by atoms with Crippen LogP contribution in [0.15, 0.2) is 36.7 Å². The number of ether oxygens (including phenoxy) is 1. The summed E-state index contributed by atoms with van der Waals surface area (Å²) in [5, 5.41) is 19.1. The van der Waals surface area contributed by atoms with Gasteiger partial charge >= 0.3 is 0 Å². The summed E-state index contributed by atoms with van der Waals surface area (Å²) < 4.78 is 6.93. The number of hydrogen-bond acceptors (Lipinski definition) is 7. The Morgan fingerprint density at radius 1 is 1.23 bits per heavy atom. The van der Waals surface area contributed by atoms with Crippen molar-refractivity contribution in [3.8, 4) is 17.0 Å². The molecule has 1 aliphatic heterocycles. The molecule has 1 amide bonds. The van der Waals surface area contributed by atoms with Crippen molar-refractivity contribution in [1.29, 1.82) is 0 Å². The third-order valence-electron chi connectivity index (χ3n) is 5.87. The van der Waals surface area contributed by atoms with E-state index in [1.165, 1.54) is 0 Å². The molecule has 1 fully saturated rings. The van der Waals surface area contributed by atoms with Crippen LogP contribution in [0.2, 0.25) is 0 Å². The average molecular weight is 409 g/mol. The number of likely N-dealkylation sites (N-methyl/N-ethyl adjacent to an activating group) is 1. The van der Waals surface area contributed by atoms with Crippen LogP contribution in [0.4, 0.5) is 5.69 Å². The van der Waals surface area contributed by atoms with Crippen molar-refractivity contribution in [2.75, 3.05) is 33.1 Å². The maximum absolute atomic E-state index is 11.7. The Morgan fingerprint density at radius 3 is 2.73 bits per heavy atom. The largest absolute Gasteiger partial charge is 0.497 e. The van der Waals surface area contributed by atoms with Gasteiger partial charge in [0.2, 0.25) is 11.6 Å². The number of aromatic nitrogens is 4. The van der Waals surface area contributed by atoms with Crippen molar-refractivity contribution in [2.45, 2.75) is 31.3 Å². The number of hydrogen-bond donors (Lipinski definition) is 2. The SMILES string of the molecule is CNC(=O)C[C@H]1CC[C@@H](CNc2cc(-c3ccc(OC)cc3)nn3cnnc23)N1C. The molecule has 0 bridgehead atoms. The number of fused-ring (bicyclic) bond motifs is 1. The van der Waals surface area contributed by atoms with Crippen molar-refractivity contribution in [3.05, 3.63) is 36.7 Å². The molecule has 0 unspecified atom stereocenters. The first-order valence-electron chi connectivity index (χ1n) is 10.1. The Labute approximate surface area is 175 Å². The molecule has 1 saturated heterocycles. The summed E-state index contributed by atoms with van der Waals surface area (Å²) in [6.45, 7) is 0.759. The first kappa shape index (κ1) is 20.1. The Balaban J connectivity index is 1.51. The summed E-state index contributed by atoms with van der Waals surface area (Å²) in [5.74, 6) is 0.891. The van der Waals surface area contributed by atoms with E-state index >= 15 is 0 Å². The zero-order valence-corrected chi connectivity index (χ0v) is 17.5. The molecule has 9 nitrogen and oxygen atoms in total. The lowest BCUT2D eigenvalue weighted by Crippen LogP contribution is -2.39. The highest BCUT2D eigenvalue weighted by Crippen LogP contribution is 2.27. The van der Waals surface area contributed by atoms with Crippen LogP contribution in [0, 0.1) is 0 Å². The van der Waals surface area contributed by atoms with Gasteiger partial charge in [-0.15, -0.1) is 10.2 Å². The molecule has 4 rings (SSSR count). The van der Waals surface area contributed by atoms with Crippen LogP contribution in [0.5, 0.6) is 5.75 Å². The van der Waals surface area contributed by atoms with Gasteiger partial charge < -0.3 is 15.4 Å². The third kappa shape index (κ3) is 4.06. The van der Waals surface area contributed by atoms with Gasteiger partial charge in [-0.2, -0.15) is 9.61 Å². The van der Waals surface area contributed by atoms with Crippen molar-refractivity contribution in [3.63, 3.8) is 0 Å². The summed E-state index contributed by atoms with van der Waals surface area (Å²) >= 11 is 0. The molecule has 0 spiro atoms. The fourth-order valence-corrected chi connectivity index (χ4v) is 3.99. The summed E-state index contributed by atoms with van der Waals surface area (Å²) in [6.07, 6.45) is 4.21. The lowest BCUT2D eigenvalue weighted by atomic mass is 10.1. The fraction of sp³-hybridized carbons (Fsp3) is 0.429. The molecular weight excluding hydrogens is 382 g/mol. The summed E-state index contributed by atoms with van der Waals surface area (Å²) in [4.78, 5) is 14.0. The predicted molar refractivity (Wildman–Crippen MR) is 115 cm³/mol. The molecule has 1 aliphatic rings. The second kappa shape index (κ2) is 8.66. The number of carbonyl (C=O) groups excluding carboxylic acids is 1. The highest BCUT2D eigenvalue weighted by molar-refractivity contribution is 5.76. The van der Waals surface area contributed by atoms with Crippen LogP contribution in [0.1, 0.15) is 19.3 Å². The number of benzene rings is 1. The third-order valence-corrected chi connectivity index (χ3v) is 5.87. The van der Waals surface area contributed by atoms with E-state index in [4.69, 9.17) is 4.74 Å². The Kier molecular flexibility index (Phi) is 5.80. The second-order valence-electron chi connectivity index (χ2n) is 7.58. The van der Waals surface area contributed by atoms with E-state index < -0.39 is 0 Å². The van der Waals surface area contributed by atoms with E-state index in [2.05, 4.69) is 37.9 Å². The molecule has 158 valence electrons. The molecule has 3 aromatic rings. The van der Waals surface area contributed by atoms with Gasteiger partial charge in [0.25, 0.3) is 0 Å². The van der Waals surface area contributed by atoms with Crippen molar-refractivity contribution in [2.24, 2.45) is 0 Å². The van der Waals surface area contributed by atoms with E-state index in [0.29, 0.717) is 18.1 Å². The average Bonchev–Trinajstić information content (AvgIpc) is 3.39. The number of methoxy groups -OCH3 is 1. The van der Waals surface area contributed by atoms with Crippen LogP contribution in [-0.4, -0.2) is 70.5 Å². The fourth-order valence-electron chi connectivity index (χ4n) is 3.99. The van der Waals surface area contributed by atoms with Gasteiger partial charge in [-0.3, -0.25) is 9.69 Å². The number of amides is 1. The molecule has 0 aliphatic carbocycles. The molecule has 9 heteroatoms. The van der Waals surface area contributed by atoms with E-state index in [1.54, 1.807) is 25.0 Å². The topological polar surface area (TPSA) is 96.7 Å². The van der Waals surface area contributed by atoms with Gasteiger partial charge in [0.15, 0.2) is 0 Å². The molecule has 2 N–H and O–H groups in total. The molecule has 1 aromatic carbocycles. The lowest BCUT2D eigenvalue weighted by molar-refractivity contribution is -0.121. The van der Waals surface area contributed by atoms with Crippen LogP contribution in [0.3, 0.4) is 0 Å². The van der Waals surface area contributed by atoms with Crippen molar-refractivity contribution in [1.82, 2.24) is 30.0 Å². The van der Waals surface area contributed by atoms with Crippen LogP contribution in [0.25, 0.3) is 16.9 Å². The Bertz CT molecular complexity index is 1020. The first-order chi connectivity index (χ1) is 14.6. The van der Waals surface area contributed by atoms with E-state index in [9.17, 15) is 4.79 Å². The van der Waals surface area contributed by atoms with Gasteiger partial charge in [0.1, 0.15) is 12.1 Å². The molecule has 30 heavy (non-hydrogen) atoms. The van der Waals surface area contributed by atoms with Crippen LogP contribution in [-0.2, 0) is 4.79 Å². The maximum Gasteiger partial charge on any atom is 0.221 e. The predicted octanol–water partition coefficient (Wildman–Crippen LogP) is 1.81. The van der Waals surface area contributed by atoms with Crippen molar-refractivity contribution < 1.29 is 9.53 Å². The standard InChI is InChI=1S/C21H27N7O2/c1-22-20(29)10-15-6-7-16(27(15)2)12-23-19-11-18(26-28-13-24-25-21(19)28)14-4-8-17(30-3)9-5-14/h4-5,8-9,11,13,15-16,23H,6-7,10,12H2,1-3H3,(H,22,29)/t15-,16+/m1/s1. The molecule has 0 radical (unpaired) electrons. The van der Waals surface area contributed by atoms with Crippen LogP contribution < -0.4 is 15.4 Å².